The third kappa shape index (κ3) is 3.64. The van der Waals surface area contributed by atoms with Gasteiger partial charge in [0.2, 0.25) is 11.8 Å². The third-order valence-corrected chi connectivity index (χ3v) is 8.51. The van der Waals surface area contributed by atoms with Crippen molar-refractivity contribution in [2.45, 2.75) is 57.8 Å². The monoisotopic (exact) mass is 373 g/mol. The first-order chi connectivity index (χ1) is 13.1. The molecule has 6 fully saturated rings. The van der Waals surface area contributed by atoms with Gasteiger partial charge in [0, 0.05) is 19.5 Å². The van der Waals surface area contributed by atoms with Crippen molar-refractivity contribution in [2.24, 2.45) is 35.0 Å². The van der Waals surface area contributed by atoms with E-state index in [1.54, 1.807) is 0 Å². The Balaban J connectivity index is 1.11. The van der Waals surface area contributed by atoms with E-state index in [1.807, 2.05) is 4.90 Å². The minimum atomic E-state index is 0.112. The van der Waals surface area contributed by atoms with Gasteiger partial charge in [-0.05, 0) is 99.5 Å². The fraction of sp³-hybridized carbons (Fsp3) is 0.909. The lowest BCUT2D eigenvalue weighted by molar-refractivity contribution is -0.135. The van der Waals surface area contributed by atoms with E-state index in [0.717, 1.165) is 68.6 Å². The number of fused-ring (bicyclic) bond motifs is 1. The molecule has 2 amide bonds. The predicted molar refractivity (Wildman–Crippen MR) is 104 cm³/mol. The maximum absolute atomic E-state index is 12.7. The van der Waals surface area contributed by atoms with Crippen LogP contribution < -0.4 is 10.6 Å². The summed E-state index contributed by atoms with van der Waals surface area (Å²) >= 11 is 0. The zero-order chi connectivity index (χ0) is 18.4. The number of hydrogen-bond acceptors (Lipinski definition) is 3. The van der Waals surface area contributed by atoms with E-state index in [9.17, 15) is 9.59 Å². The van der Waals surface area contributed by atoms with E-state index < -0.39 is 0 Å². The Morgan fingerprint density at radius 1 is 0.926 bits per heavy atom. The van der Waals surface area contributed by atoms with Crippen LogP contribution in [-0.4, -0.2) is 49.4 Å². The molecule has 0 radical (unpaired) electrons. The van der Waals surface area contributed by atoms with Gasteiger partial charge in [0.25, 0.3) is 0 Å². The zero-order valence-corrected chi connectivity index (χ0v) is 16.5. The largest absolute Gasteiger partial charge is 0.347 e. The molecule has 6 rings (SSSR count). The van der Waals surface area contributed by atoms with Crippen molar-refractivity contribution in [1.82, 2.24) is 15.5 Å². The Bertz CT molecular complexity index is 555. The molecule has 5 nitrogen and oxygen atoms in total. The molecule has 2 saturated heterocycles. The summed E-state index contributed by atoms with van der Waals surface area (Å²) in [5.41, 5.74) is 0.259. The second-order valence-corrected chi connectivity index (χ2v) is 10.5. The first-order valence-electron chi connectivity index (χ1n) is 11.3. The van der Waals surface area contributed by atoms with Gasteiger partial charge < -0.3 is 15.5 Å². The molecule has 5 heteroatoms. The fourth-order valence-electron chi connectivity index (χ4n) is 7.66. The number of likely N-dealkylation sites (tertiary alicyclic amines) is 1. The van der Waals surface area contributed by atoms with Crippen LogP contribution in [0.4, 0.5) is 0 Å². The number of amides is 2. The fourth-order valence-corrected chi connectivity index (χ4v) is 7.66. The lowest BCUT2D eigenvalue weighted by Crippen LogP contribution is -2.48. The molecule has 2 heterocycles. The topological polar surface area (TPSA) is 61.4 Å². The molecular weight excluding hydrogens is 338 g/mol. The summed E-state index contributed by atoms with van der Waals surface area (Å²) < 4.78 is 0. The predicted octanol–water partition coefficient (Wildman–Crippen LogP) is 2.17. The van der Waals surface area contributed by atoms with Crippen molar-refractivity contribution in [3.05, 3.63) is 0 Å². The molecule has 27 heavy (non-hydrogen) atoms. The van der Waals surface area contributed by atoms with Gasteiger partial charge in [0.15, 0.2) is 0 Å². The van der Waals surface area contributed by atoms with Crippen molar-refractivity contribution in [2.75, 3.05) is 32.7 Å². The van der Waals surface area contributed by atoms with Gasteiger partial charge in [-0.15, -0.1) is 0 Å². The van der Waals surface area contributed by atoms with Crippen LogP contribution >= 0.6 is 0 Å². The number of rotatable bonds is 4. The summed E-state index contributed by atoms with van der Waals surface area (Å²) in [5, 5.41) is 6.46. The smallest absolute Gasteiger partial charge is 0.241 e. The zero-order valence-electron chi connectivity index (χ0n) is 16.5. The maximum Gasteiger partial charge on any atom is 0.241 e. The highest BCUT2D eigenvalue weighted by molar-refractivity contribution is 5.85. The summed E-state index contributed by atoms with van der Waals surface area (Å²) in [6.07, 6.45) is 10.8. The van der Waals surface area contributed by atoms with Gasteiger partial charge in [-0.1, -0.05) is 0 Å². The van der Waals surface area contributed by atoms with Crippen molar-refractivity contribution in [3.8, 4) is 0 Å². The molecule has 4 aliphatic carbocycles. The number of nitrogens with zero attached hydrogens (tertiary/aromatic N) is 1. The van der Waals surface area contributed by atoms with Crippen molar-refractivity contribution < 1.29 is 9.59 Å². The number of carbonyl (C=O) groups is 2. The summed E-state index contributed by atoms with van der Waals surface area (Å²) in [6, 6.07) is 0. The van der Waals surface area contributed by atoms with E-state index in [1.165, 1.54) is 38.5 Å². The highest BCUT2D eigenvalue weighted by atomic mass is 16.2. The Hall–Kier alpha value is -1.10. The maximum atomic E-state index is 12.7. The molecule has 2 aliphatic heterocycles. The first-order valence-corrected chi connectivity index (χ1v) is 11.3. The van der Waals surface area contributed by atoms with Crippen LogP contribution in [-0.2, 0) is 9.59 Å². The van der Waals surface area contributed by atoms with Gasteiger partial charge in [0.1, 0.15) is 0 Å². The van der Waals surface area contributed by atoms with Crippen molar-refractivity contribution in [1.29, 1.82) is 0 Å². The lowest BCUT2D eigenvalue weighted by atomic mass is 9.49. The van der Waals surface area contributed by atoms with Crippen molar-refractivity contribution >= 4 is 11.8 Å². The molecule has 0 aromatic heterocycles. The molecular formula is C22H35N3O2. The van der Waals surface area contributed by atoms with Gasteiger partial charge in [-0.3, -0.25) is 9.59 Å². The summed E-state index contributed by atoms with van der Waals surface area (Å²) in [5.74, 6) is 4.30. The number of nitrogens with one attached hydrogen (secondary N) is 2. The number of hydrogen-bond donors (Lipinski definition) is 2. The molecule has 0 unspecified atom stereocenters. The van der Waals surface area contributed by atoms with Crippen LogP contribution in [0.2, 0.25) is 0 Å². The van der Waals surface area contributed by atoms with Gasteiger partial charge in [0.05, 0.1) is 6.54 Å². The van der Waals surface area contributed by atoms with Crippen LogP contribution in [0.15, 0.2) is 0 Å². The standard InChI is InChI=1S/C22H35N3O2/c26-20(11-22-8-15-5-16(9-22)7-17(6-15)10-22)24-14-21(27)25-3-1-18-12-23-13-19(18)2-4-25/h15-19,23H,1-14H2,(H,24,26)/t15?,16?,17?,18-,19+,22?. The first kappa shape index (κ1) is 18.0. The molecule has 2 atom stereocenters. The minimum Gasteiger partial charge on any atom is -0.347 e. The average molecular weight is 374 g/mol. The quantitative estimate of drug-likeness (QED) is 0.794. The Morgan fingerprint density at radius 2 is 1.48 bits per heavy atom. The van der Waals surface area contributed by atoms with Crippen LogP contribution in [0.25, 0.3) is 0 Å². The van der Waals surface area contributed by atoms with Crippen LogP contribution in [0.3, 0.4) is 0 Å². The lowest BCUT2D eigenvalue weighted by Gasteiger charge is -2.56. The second-order valence-electron chi connectivity index (χ2n) is 10.5. The van der Waals surface area contributed by atoms with Crippen LogP contribution in [0, 0.1) is 35.0 Å². The molecule has 6 aliphatic rings. The Kier molecular flexibility index (Phi) is 4.69. The Labute approximate surface area is 163 Å². The molecule has 0 aromatic rings. The third-order valence-electron chi connectivity index (χ3n) is 8.51. The van der Waals surface area contributed by atoms with Gasteiger partial charge >= 0.3 is 0 Å². The normalized spacial score (nSPS) is 42.7. The van der Waals surface area contributed by atoms with Crippen molar-refractivity contribution in [3.63, 3.8) is 0 Å². The SMILES string of the molecule is O=C(CC12CC3CC(CC(C3)C1)C2)NCC(=O)N1CC[C@@H]2CNC[C@@H]2CC1. The molecule has 0 aromatic carbocycles. The van der Waals surface area contributed by atoms with Crippen LogP contribution in [0.1, 0.15) is 57.8 Å². The number of carbonyl (C=O) groups excluding carboxylic acids is 2. The average Bonchev–Trinajstić information content (AvgIpc) is 2.96. The molecule has 4 saturated carbocycles. The van der Waals surface area contributed by atoms with E-state index in [-0.39, 0.29) is 23.8 Å². The molecule has 0 spiro atoms. The van der Waals surface area contributed by atoms with Gasteiger partial charge in [-0.25, -0.2) is 0 Å². The highest BCUT2D eigenvalue weighted by Gasteiger charge is 2.51. The Morgan fingerprint density at radius 3 is 2.04 bits per heavy atom. The van der Waals surface area contributed by atoms with E-state index in [0.29, 0.717) is 6.42 Å². The summed E-state index contributed by atoms with van der Waals surface area (Å²) in [4.78, 5) is 27.3. The van der Waals surface area contributed by atoms with Gasteiger partial charge in [-0.2, -0.15) is 0 Å². The second kappa shape index (κ2) is 7.06. The molecule has 4 bridgehead atoms. The van der Waals surface area contributed by atoms with Crippen LogP contribution in [0.5, 0.6) is 0 Å². The molecule has 2 N–H and O–H groups in total. The van der Waals surface area contributed by atoms with E-state index >= 15 is 0 Å². The summed E-state index contributed by atoms with van der Waals surface area (Å²) in [6.45, 7) is 4.11. The van der Waals surface area contributed by atoms with E-state index in [4.69, 9.17) is 0 Å². The highest BCUT2D eigenvalue weighted by Crippen LogP contribution is 2.61. The van der Waals surface area contributed by atoms with E-state index in [2.05, 4.69) is 10.6 Å². The minimum absolute atomic E-state index is 0.112. The summed E-state index contributed by atoms with van der Waals surface area (Å²) in [7, 11) is 0. The molecule has 150 valence electrons.